The Balaban J connectivity index is 2.14. The zero-order valence-corrected chi connectivity index (χ0v) is 15.9. The summed E-state index contributed by atoms with van der Waals surface area (Å²) in [6, 6.07) is 5.69. The molecule has 0 atom stereocenters. The van der Waals surface area contributed by atoms with Crippen molar-refractivity contribution in [3.63, 3.8) is 0 Å². The van der Waals surface area contributed by atoms with Crippen molar-refractivity contribution in [3.05, 3.63) is 58.7 Å². The molecule has 2 aromatic carbocycles. The number of carbonyl (C=O) groups excluding carboxylic acids is 2. The van der Waals surface area contributed by atoms with E-state index in [1.807, 2.05) is 5.32 Å². The molecule has 0 bridgehead atoms. The summed E-state index contributed by atoms with van der Waals surface area (Å²) in [7, 11) is 0.812. The second kappa shape index (κ2) is 9.32. The highest BCUT2D eigenvalue weighted by Gasteiger charge is 2.30. The third-order valence-corrected chi connectivity index (χ3v) is 3.74. The summed E-state index contributed by atoms with van der Waals surface area (Å²) in [5.74, 6) is -10.9. The van der Waals surface area contributed by atoms with E-state index in [1.54, 1.807) is 6.92 Å². The average Bonchev–Trinajstić information content (AvgIpc) is 2.67. The van der Waals surface area contributed by atoms with Gasteiger partial charge in [0.15, 0.2) is 22.5 Å². The molecule has 0 aliphatic carbocycles. The molecular weight excluding hydrogens is 416 g/mol. The van der Waals surface area contributed by atoms with E-state index in [9.17, 15) is 27.2 Å². The van der Waals surface area contributed by atoms with Gasteiger partial charge in [-0.1, -0.05) is 0 Å². The van der Waals surface area contributed by atoms with Gasteiger partial charge in [-0.2, -0.15) is 8.78 Å². The molecule has 0 spiro atoms. The topological polar surface area (TPSA) is 76.7 Å². The Morgan fingerprint density at radius 2 is 1.55 bits per heavy atom. The van der Waals surface area contributed by atoms with E-state index in [0.29, 0.717) is 5.69 Å². The Labute approximate surface area is 167 Å². The minimum atomic E-state index is -1.93. The van der Waals surface area contributed by atoms with Crippen LogP contribution in [0.1, 0.15) is 27.6 Å². The van der Waals surface area contributed by atoms with Crippen molar-refractivity contribution in [2.75, 3.05) is 19.0 Å². The Morgan fingerprint density at radius 3 is 2.03 bits per heavy atom. The summed E-state index contributed by atoms with van der Waals surface area (Å²) in [6.07, 6.45) is 0. The molecule has 0 fully saturated rings. The molecule has 154 valence electrons. The van der Waals surface area contributed by atoms with Crippen LogP contribution in [0.4, 0.5) is 23.2 Å². The van der Waals surface area contributed by atoms with Crippen LogP contribution in [-0.2, 0) is 4.74 Å². The van der Waals surface area contributed by atoms with Crippen LogP contribution in [0.25, 0.3) is 0 Å². The van der Waals surface area contributed by atoms with Gasteiger partial charge in [0, 0.05) is 5.69 Å². The molecule has 0 radical (unpaired) electrons. The van der Waals surface area contributed by atoms with Crippen LogP contribution in [0.5, 0.6) is 5.75 Å². The number of benzene rings is 2. The lowest BCUT2D eigenvalue weighted by Gasteiger charge is -2.13. The van der Waals surface area contributed by atoms with E-state index in [2.05, 4.69) is 10.1 Å². The van der Waals surface area contributed by atoms with Crippen molar-refractivity contribution in [3.8, 4) is 5.75 Å². The van der Waals surface area contributed by atoms with Gasteiger partial charge >= 0.3 is 5.97 Å². The Morgan fingerprint density at radius 1 is 1.00 bits per heavy atom. The fraction of sp³-hybridized carbons (Fsp3) is 0.167. The fourth-order valence-corrected chi connectivity index (χ4v) is 2.43. The Kier molecular flexibility index (Phi) is 7.10. The molecule has 29 heavy (non-hydrogen) atoms. The third-order valence-electron chi connectivity index (χ3n) is 3.54. The zero-order valence-electron chi connectivity index (χ0n) is 15.1. The average molecular weight is 430 g/mol. The van der Waals surface area contributed by atoms with Crippen LogP contribution in [-0.4, -0.2) is 30.7 Å². The standard InChI is InChI=1S/C18H14F4N2O4S/c1-3-28-17(26)8-4-6-9(7-5-8)23-18(29)24-16(25)10-11(19)13(21)15(27-2)14(22)12(10)20/h4-7H,3H2,1-2H3,(H2,23,24,25,29). The summed E-state index contributed by atoms with van der Waals surface area (Å²) in [5, 5.41) is 4.03. The van der Waals surface area contributed by atoms with Gasteiger partial charge in [-0.15, -0.1) is 0 Å². The summed E-state index contributed by atoms with van der Waals surface area (Å²) >= 11 is 4.85. The number of nitrogens with one attached hydrogen (secondary N) is 2. The van der Waals surface area contributed by atoms with Crippen molar-refractivity contribution in [2.45, 2.75) is 6.92 Å². The lowest BCUT2D eigenvalue weighted by Crippen LogP contribution is -2.35. The van der Waals surface area contributed by atoms with Gasteiger partial charge in [0.2, 0.25) is 11.6 Å². The first-order chi connectivity index (χ1) is 13.7. The van der Waals surface area contributed by atoms with Gasteiger partial charge in [0.25, 0.3) is 5.91 Å². The van der Waals surface area contributed by atoms with Gasteiger partial charge in [0.05, 0.1) is 19.3 Å². The Hall–Kier alpha value is -3.21. The van der Waals surface area contributed by atoms with E-state index in [1.165, 1.54) is 24.3 Å². The first-order valence-corrected chi connectivity index (χ1v) is 8.41. The third kappa shape index (κ3) is 4.80. The van der Waals surface area contributed by atoms with Crippen LogP contribution < -0.4 is 15.4 Å². The second-order valence-electron chi connectivity index (χ2n) is 5.37. The minimum Gasteiger partial charge on any atom is -0.491 e. The van der Waals surface area contributed by atoms with Gasteiger partial charge in [-0.3, -0.25) is 10.1 Å². The normalized spacial score (nSPS) is 10.3. The number of hydrogen-bond acceptors (Lipinski definition) is 5. The number of amides is 1. The van der Waals surface area contributed by atoms with Crippen molar-refractivity contribution in [2.24, 2.45) is 0 Å². The molecule has 11 heteroatoms. The SMILES string of the molecule is CCOC(=O)c1ccc(NC(=S)NC(=O)c2c(F)c(F)c(OC)c(F)c2F)cc1. The molecule has 2 aromatic rings. The molecule has 0 unspecified atom stereocenters. The molecular formula is C18H14F4N2O4S. The first-order valence-electron chi connectivity index (χ1n) is 8.00. The van der Waals surface area contributed by atoms with E-state index < -0.39 is 51.6 Å². The molecule has 6 nitrogen and oxygen atoms in total. The number of esters is 1. The highest BCUT2D eigenvalue weighted by Crippen LogP contribution is 2.29. The maximum Gasteiger partial charge on any atom is 0.338 e. The van der Waals surface area contributed by atoms with Crippen molar-refractivity contribution in [1.29, 1.82) is 0 Å². The molecule has 2 N–H and O–H groups in total. The Bertz CT molecular complexity index is 938. The summed E-state index contributed by atoms with van der Waals surface area (Å²) in [6.45, 7) is 1.86. The van der Waals surface area contributed by atoms with Crippen LogP contribution in [0, 0.1) is 23.3 Å². The maximum absolute atomic E-state index is 14.0. The number of anilines is 1. The number of carbonyl (C=O) groups is 2. The van der Waals surface area contributed by atoms with Crippen LogP contribution >= 0.6 is 12.2 Å². The van der Waals surface area contributed by atoms with Gasteiger partial charge in [-0.25, -0.2) is 13.6 Å². The highest BCUT2D eigenvalue weighted by molar-refractivity contribution is 7.80. The van der Waals surface area contributed by atoms with Crippen molar-refractivity contribution < 1.29 is 36.6 Å². The lowest BCUT2D eigenvalue weighted by molar-refractivity contribution is 0.0526. The predicted molar refractivity (Wildman–Crippen MR) is 98.9 cm³/mol. The lowest BCUT2D eigenvalue weighted by atomic mass is 10.1. The maximum atomic E-state index is 14.0. The van der Waals surface area contributed by atoms with Crippen LogP contribution in [0.3, 0.4) is 0 Å². The largest absolute Gasteiger partial charge is 0.491 e. The molecule has 0 saturated heterocycles. The molecule has 0 saturated carbocycles. The van der Waals surface area contributed by atoms with Gasteiger partial charge < -0.3 is 14.8 Å². The number of rotatable bonds is 5. The van der Waals surface area contributed by atoms with Crippen LogP contribution in [0.2, 0.25) is 0 Å². The van der Waals surface area contributed by atoms with Crippen LogP contribution in [0.15, 0.2) is 24.3 Å². The number of thiocarbonyl (C=S) groups is 1. The number of ether oxygens (including phenoxy) is 2. The molecule has 0 heterocycles. The number of hydrogen-bond donors (Lipinski definition) is 2. The van der Waals surface area contributed by atoms with Crippen molar-refractivity contribution >= 4 is 34.9 Å². The predicted octanol–water partition coefficient (Wildman–Crippen LogP) is 3.56. The van der Waals surface area contributed by atoms with E-state index >= 15 is 0 Å². The van der Waals surface area contributed by atoms with Gasteiger partial charge in [-0.05, 0) is 43.4 Å². The van der Waals surface area contributed by atoms with Crippen molar-refractivity contribution in [1.82, 2.24) is 5.32 Å². The molecule has 0 aliphatic heterocycles. The zero-order chi connectivity index (χ0) is 21.7. The number of methoxy groups -OCH3 is 1. The second-order valence-corrected chi connectivity index (χ2v) is 5.78. The van der Waals surface area contributed by atoms with E-state index in [-0.39, 0.29) is 12.2 Å². The highest BCUT2D eigenvalue weighted by atomic mass is 32.1. The quantitative estimate of drug-likeness (QED) is 0.327. The molecule has 1 amide bonds. The summed E-state index contributed by atoms with van der Waals surface area (Å²) in [5.41, 5.74) is -0.917. The summed E-state index contributed by atoms with van der Waals surface area (Å²) in [4.78, 5) is 23.6. The summed E-state index contributed by atoms with van der Waals surface area (Å²) < 4.78 is 64.5. The first kappa shape index (κ1) is 22.1. The molecule has 2 rings (SSSR count). The van der Waals surface area contributed by atoms with E-state index in [0.717, 1.165) is 7.11 Å². The number of halogens is 4. The van der Waals surface area contributed by atoms with E-state index in [4.69, 9.17) is 17.0 Å². The monoisotopic (exact) mass is 430 g/mol. The molecule has 0 aromatic heterocycles. The van der Waals surface area contributed by atoms with Gasteiger partial charge in [0.1, 0.15) is 5.56 Å². The molecule has 0 aliphatic rings. The smallest absolute Gasteiger partial charge is 0.338 e. The fourth-order valence-electron chi connectivity index (χ4n) is 2.22. The minimum absolute atomic E-state index is 0.203.